The van der Waals surface area contributed by atoms with Crippen LogP contribution in [0.5, 0.6) is 0 Å². The van der Waals surface area contributed by atoms with Crippen LogP contribution in [0.15, 0.2) is 24.3 Å². The molecular formula is C12H16O3S. The van der Waals surface area contributed by atoms with Crippen LogP contribution in [0.3, 0.4) is 0 Å². The first kappa shape index (κ1) is 11.6. The van der Waals surface area contributed by atoms with Crippen molar-refractivity contribution >= 4 is 10.1 Å². The zero-order valence-corrected chi connectivity index (χ0v) is 10.1. The van der Waals surface area contributed by atoms with E-state index in [1.54, 1.807) is 0 Å². The van der Waals surface area contributed by atoms with Gasteiger partial charge in [0.05, 0.1) is 5.75 Å². The molecule has 0 amide bonds. The molecule has 0 aliphatic heterocycles. The van der Waals surface area contributed by atoms with Gasteiger partial charge in [-0.2, -0.15) is 8.42 Å². The Bertz CT molecular complexity index is 475. The number of hydrogen-bond donors (Lipinski definition) is 1. The minimum absolute atomic E-state index is 0.0464. The van der Waals surface area contributed by atoms with Gasteiger partial charge < -0.3 is 0 Å². The summed E-state index contributed by atoms with van der Waals surface area (Å²) in [5, 5.41) is 0. The van der Waals surface area contributed by atoms with Crippen molar-refractivity contribution in [2.45, 2.75) is 25.7 Å². The van der Waals surface area contributed by atoms with E-state index in [1.165, 1.54) is 0 Å². The van der Waals surface area contributed by atoms with Crippen LogP contribution in [0.2, 0.25) is 0 Å². The Morgan fingerprint density at radius 2 is 2.12 bits per heavy atom. The van der Waals surface area contributed by atoms with Crippen molar-refractivity contribution in [2.24, 2.45) is 5.92 Å². The lowest BCUT2D eigenvalue weighted by Gasteiger charge is -2.15. The van der Waals surface area contributed by atoms with Gasteiger partial charge in [-0.15, -0.1) is 0 Å². The summed E-state index contributed by atoms with van der Waals surface area (Å²) in [4.78, 5) is 0. The van der Waals surface area contributed by atoms with Gasteiger partial charge in [-0.25, -0.2) is 0 Å². The first-order valence-electron chi connectivity index (χ1n) is 5.47. The summed E-state index contributed by atoms with van der Waals surface area (Å²) < 4.78 is 30.9. The second-order valence-electron chi connectivity index (χ2n) is 4.61. The van der Waals surface area contributed by atoms with E-state index < -0.39 is 10.1 Å². The summed E-state index contributed by atoms with van der Waals surface area (Å²) in [5.41, 5.74) is 2.15. The quantitative estimate of drug-likeness (QED) is 0.822. The fraction of sp³-hybridized carbons (Fsp3) is 0.500. The Morgan fingerprint density at radius 3 is 2.62 bits per heavy atom. The molecular weight excluding hydrogens is 224 g/mol. The van der Waals surface area contributed by atoms with E-state index in [0.717, 1.165) is 24.0 Å². The minimum atomic E-state index is -3.89. The standard InChI is InChI=1S/C12H16O3S/c1-9-3-2-4-11(7-9)12(10-5-6-10)8-16(13,14)15/h2-4,7,10,12H,5-6,8H2,1H3,(H,13,14,15). The van der Waals surface area contributed by atoms with E-state index >= 15 is 0 Å². The van der Waals surface area contributed by atoms with Crippen LogP contribution >= 0.6 is 0 Å². The molecule has 1 aliphatic carbocycles. The molecule has 1 N–H and O–H groups in total. The Balaban J connectivity index is 2.26. The highest BCUT2D eigenvalue weighted by Gasteiger charge is 2.34. The van der Waals surface area contributed by atoms with Crippen molar-refractivity contribution in [1.29, 1.82) is 0 Å². The van der Waals surface area contributed by atoms with E-state index in [0.29, 0.717) is 5.92 Å². The lowest BCUT2D eigenvalue weighted by molar-refractivity contribution is 0.472. The van der Waals surface area contributed by atoms with Gasteiger partial charge in [-0.3, -0.25) is 4.55 Å². The molecule has 0 aromatic heterocycles. The zero-order chi connectivity index (χ0) is 11.8. The Kier molecular flexibility index (Phi) is 3.04. The van der Waals surface area contributed by atoms with Gasteiger partial charge in [0.1, 0.15) is 0 Å². The van der Waals surface area contributed by atoms with Crippen molar-refractivity contribution in [3.8, 4) is 0 Å². The molecule has 1 atom stereocenters. The molecule has 2 rings (SSSR count). The highest BCUT2D eigenvalue weighted by atomic mass is 32.2. The van der Waals surface area contributed by atoms with Crippen LogP contribution in [0.4, 0.5) is 0 Å². The summed E-state index contributed by atoms with van der Waals surface area (Å²) in [6.45, 7) is 1.99. The predicted octanol–water partition coefficient (Wildman–Crippen LogP) is 2.38. The molecule has 16 heavy (non-hydrogen) atoms. The van der Waals surface area contributed by atoms with Crippen molar-refractivity contribution in [2.75, 3.05) is 5.75 Å². The largest absolute Gasteiger partial charge is 0.286 e. The van der Waals surface area contributed by atoms with Crippen molar-refractivity contribution < 1.29 is 13.0 Å². The van der Waals surface area contributed by atoms with Gasteiger partial charge in [0.2, 0.25) is 0 Å². The minimum Gasteiger partial charge on any atom is -0.286 e. The van der Waals surface area contributed by atoms with Gasteiger partial charge in [-0.1, -0.05) is 29.8 Å². The van der Waals surface area contributed by atoms with Crippen LogP contribution in [0, 0.1) is 12.8 Å². The topological polar surface area (TPSA) is 54.4 Å². The van der Waals surface area contributed by atoms with Gasteiger partial charge >= 0.3 is 0 Å². The van der Waals surface area contributed by atoms with Crippen LogP contribution in [-0.2, 0) is 10.1 Å². The van der Waals surface area contributed by atoms with Crippen LogP contribution in [0.25, 0.3) is 0 Å². The smallest absolute Gasteiger partial charge is 0.265 e. The molecule has 4 heteroatoms. The van der Waals surface area contributed by atoms with Crippen LogP contribution in [-0.4, -0.2) is 18.7 Å². The molecule has 1 aliphatic rings. The molecule has 1 fully saturated rings. The lowest BCUT2D eigenvalue weighted by atomic mass is 9.95. The van der Waals surface area contributed by atoms with E-state index in [-0.39, 0.29) is 11.7 Å². The van der Waals surface area contributed by atoms with E-state index in [4.69, 9.17) is 4.55 Å². The molecule has 3 nitrogen and oxygen atoms in total. The maximum Gasteiger partial charge on any atom is 0.265 e. The van der Waals surface area contributed by atoms with Crippen molar-refractivity contribution in [1.82, 2.24) is 0 Å². The molecule has 1 aromatic carbocycles. The van der Waals surface area contributed by atoms with Crippen molar-refractivity contribution in [3.63, 3.8) is 0 Å². The molecule has 1 unspecified atom stereocenters. The third-order valence-electron chi connectivity index (χ3n) is 3.05. The SMILES string of the molecule is Cc1cccc(C(CS(=O)(=O)O)C2CC2)c1. The van der Waals surface area contributed by atoms with E-state index in [2.05, 4.69) is 0 Å². The summed E-state index contributed by atoms with van der Waals surface area (Å²) in [7, 11) is -3.89. The fourth-order valence-corrected chi connectivity index (χ4v) is 3.05. The third kappa shape index (κ3) is 3.06. The Hall–Kier alpha value is -0.870. The first-order chi connectivity index (χ1) is 7.46. The molecule has 0 bridgehead atoms. The highest BCUT2D eigenvalue weighted by Crippen LogP contribution is 2.43. The molecule has 0 spiro atoms. The maximum atomic E-state index is 11.0. The number of aryl methyl sites for hydroxylation is 1. The molecule has 0 heterocycles. The summed E-state index contributed by atoms with van der Waals surface area (Å²) in [5.74, 6) is 0.222. The highest BCUT2D eigenvalue weighted by molar-refractivity contribution is 7.85. The molecule has 88 valence electrons. The van der Waals surface area contributed by atoms with Crippen LogP contribution < -0.4 is 0 Å². The molecule has 0 radical (unpaired) electrons. The lowest BCUT2D eigenvalue weighted by Crippen LogP contribution is -2.15. The van der Waals surface area contributed by atoms with Gasteiger partial charge in [0.15, 0.2) is 0 Å². The van der Waals surface area contributed by atoms with Gasteiger partial charge in [-0.05, 0) is 31.2 Å². The second kappa shape index (κ2) is 4.18. The van der Waals surface area contributed by atoms with E-state index in [1.807, 2.05) is 31.2 Å². The Labute approximate surface area is 96.2 Å². The predicted molar refractivity (Wildman–Crippen MR) is 63.1 cm³/mol. The molecule has 1 aromatic rings. The van der Waals surface area contributed by atoms with E-state index in [9.17, 15) is 8.42 Å². The molecule has 0 saturated heterocycles. The van der Waals surface area contributed by atoms with Gasteiger partial charge in [0.25, 0.3) is 10.1 Å². The second-order valence-corrected chi connectivity index (χ2v) is 6.10. The average molecular weight is 240 g/mol. The number of benzene rings is 1. The third-order valence-corrected chi connectivity index (χ3v) is 3.83. The maximum absolute atomic E-state index is 11.0. The summed E-state index contributed by atoms with van der Waals surface area (Å²) >= 11 is 0. The van der Waals surface area contributed by atoms with Gasteiger partial charge in [0, 0.05) is 5.92 Å². The average Bonchev–Trinajstić information content (AvgIpc) is 2.96. The number of rotatable bonds is 4. The monoisotopic (exact) mass is 240 g/mol. The Morgan fingerprint density at radius 1 is 1.44 bits per heavy atom. The number of hydrogen-bond acceptors (Lipinski definition) is 2. The normalized spacial score (nSPS) is 18.4. The fourth-order valence-electron chi connectivity index (χ4n) is 2.13. The van der Waals surface area contributed by atoms with Crippen molar-refractivity contribution in [3.05, 3.63) is 35.4 Å². The molecule has 1 saturated carbocycles. The summed E-state index contributed by atoms with van der Waals surface area (Å²) in [6, 6.07) is 7.88. The van der Waals surface area contributed by atoms with Crippen LogP contribution in [0.1, 0.15) is 29.9 Å². The zero-order valence-electron chi connectivity index (χ0n) is 9.26. The first-order valence-corrected chi connectivity index (χ1v) is 7.08. The summed E-state index contributed by atoms with van der Waals surface area (Å²) in [6.07, 6.45) is 2.13.